The molecule has 16 heavy (non-hydrogen) atoms. The summed E-state index contributed by atoms with van der Waals surface area (Å²) in [6, 6.07) is -0.0354. The second-order valence-corrected chi connectivity index (χ2v) is 5.22. The second-order valence-electron chi connectivity index (χ2n) is 5.22. The first-order valence-corrected chi connectivity index (χ1v) is 6.16. The summed E-state index contributed by atoms with van der Waals surface area (Å²) in [5, 5.41) is 0. The van der Waals surface area contributed by atoms with Crippen molar-refractivity contribution in [2.24, 2.45) is 5.73 Å². The van der Waals surface area contributed by atoms with Crippen molar-refractivity contribution in [3.8, 4) is 0 Å². The van der Waals surface area contributed by atoms with Gasteiger partial charge < -0.3 is 10.6 Å². The summed E-state index contributed by atoms with van der Waals surface area (Å²) in [4.78, 5) is 16.6. The monoisotopic (exact) mass is 227 g/mol. The summed E-state index contributed by atoms with van der Waals surface area (Å²) in [5.41, 5.74) is 5.55. The Kier molecular flexibility index (Phi) is 4.33. The number of likely N-dealkylation sites (N-methyl/N-ethyl adjacent to an activating group) is 2. The van der Waals surface area contributed by atoms with Crippen LogP contribution in [0.4, 0.5) is 0 Å². The topological polar surface area (TPSA) is 49.6 Å². The van der Waals surface area contributed by atoms with Gasteiger partial charge in [-0.25, -0.2) is 0 Å². The van der Waals surface area contributed by atoms with Gasteiger partial charge in [0.25, 0.3) is 0 Å². The molecule has 1 unspecified atom stereocenters. The van der Waals surface area contributed by atoms with E-state index in [1.807, 2.05) is 18.9 Å². The normalized spacial score (nSPS) is 26.9. The number of hydrogen-bond donors (Lipinski definition) is 1. The molecule has 0 aromatic carbocycles. The molecule has 4 nitrogen and oxygen atoms in total. The van der Waals surface area contributed by atoms with Crippen molar-refractivity contribution < 1.29 is 4.79 Å². The van der Waals surface area contributed by atoms with Crippen LogP contribution in [0.1, 0.15) is 33.6 Å². The fourth-order valence-electron chi connectivity index (χ4n) is 2.49. The number of carbonyl (C=O) groups excluding carboxylic acids is 1. The number of hydrogen-bond acceptors (Lipinski definition) is 3. The van der Waals surface area contributed by atoms with Crippen LogP contribution in [0.15, 0.2) is 0 Å². The Labute approximate surface area is 98.8 Å². The lowest BCUT2D eigenvalue weighted by Gasteiger charge is -2.37. The van der Waals surface area contributed by atoms with E-state index in [0.717, 1.165) is 25.9 Å². The van der Waals surface area contributed by atoms with Crippen molar-refractivity contribution in [3.63, 3.8) is 0 Å². The molecule has 0 aromatic heterocycles. The maximum Gasteiger partial charge on any atom is 0.240 e. The van der Waals surface area contributed by atoms with E-state index in [0.29, 0.717) is 6.54 Å². The van der Waals surface area contributed by atoms with Gasteiger partial charge in [-0.2, -0.15) is 0 Å². The number of rotatable bonds is 3. The standard InChI is InChI=1S/C12H25N3O/c1-5-15-11(16)10(6-8-13)14(4)9-7-12(15,2)3/h10H,5-9,13H2,1-4H3. The number of nitrogens with two attached hydrogens (primary N) is 1. The molecule has 4 heteroatoms. The summed E-state index contributed by atoms with van der Waals surface area (Å²) in [6.45, 7) is 8.64. The van der Waals surface area contributed by atoms with Crippen molar-refractivity contribution in [1.82, 2.24) is 9.80 Å². The van der Waals surface area contributed by atoms with Crippen LogP contribution in [0.3, 0.4) is 0 Å². The van der Waals surface area contributed by atoms with Crippen LogP contribution in [-0.4, -0.2) is 54.0 Å². The van der Waals surface area contributed by atoms with Crippen LogP contribution < -0.4 is 5.73 Å². The zero-order valence-corrected chi connectivity index (χ0v) is 11.0. The van der Waals surface area contributed by atoms with E-state index in [4.69, 9.17) is 5.73 Å². The van der Waals surface area contributed by atoms with Gasteiger partial charge in [-0.15, -0.1) is 0 Å². The Bertz CT molecular complexity index is 253. The molecule has 1 fully saturated rings. The van der Waals surface area contributed by atoms with E-state index in [9.17, 15) is 4.79 Å². The van der Waals surface area contributed by atoms with Crippen LogP contribution >= 0.6 is 0 Å². The number of carbonyl (C=O) groups is 1. The average Bonchev–Trinajstić information content (AvgIpc) is 2.29. The van der Waals surface area contributed by atoms with Crippen molar-refractivity contribution in [2.45, 2.75) is 45.2 Å². The van der Waals surface area contributed by atoms with E-state index in [1.54, 1.807) is 0 Å². The fourth-order valence-corrected chi connectivity index (χ4v) is 2.49. The van der Waals surface area contributed by atoms with Crippen LogP contribution in [0.25, 0.3) is 0 Å². The molecule has 2 N–H and O–H groups in total. The predicted octanol–water partition coefficient (Wildman–Crippen LogP) is 0.666. The highest BCUT2D eigenvalue weighted by Crippen LogP contribution is 2.25. The molecule has 1 aliphatic heterocycles. The zero-order valence-electron chi connectivity index (χ0n) is 11.0. The molecule has 0 bridgehead atoms. The lowest BCUT2D eigenvalue weighted by molar-refractivity contribution is -0.139. The molecule has 1 atom stereocenters. The van der Waals surface area contributed by atoms with Gasteiger partial charge in [0.05, 0.1) is 6.04 Å². The van der Waals surface area contributed by atoms with Gasteiger partial charge in [0.15, 0.2) is 0 Å². The number of amides is 1. The predicted molar refractivity (Wildman–Crippen MR) is 66.2 cm³/mol. The average molecular weight is 227 g/mol. The Morgan fingerprint density at radius 2 is 2.12 bits per heavy atom. The largest absolute Gasteiger partial charge is 0.336 e. The molecule has 0 aliphatic carbocycles. The molecular formula is C12H25N3O. The highest BCUT2D eigenvalue weighted by atomic mass is 16.2. The maximum absolute atomic E-state index is 12.4. The molecule has 1 heterocycles. The van der Waals surface area contributed by atoms with Gasteiger partial charge in [0.1, 0.15) is 0 Å². The fraction of sp³-hybridized carbons (Fsp3) is 0.917. The number of nitrogens with zero attached hydrogens (tertiary/aromatic N) is 2. The molecule has 0 radical (unpaired) electrons. The van der Waals surface area contributed by atoms with Gasteiger partial charge >= 0.3 is 0 Å². The van der Waals surface area contributed by atoms with Gasteiger partial charge in [-0.1, -0.05) is 0 Å². The highest BCUT2D eigenvalue weighted by Gasteiger charge is 2.38. The van der Waals surface area contributed by atoms with E-state index in [-0.39, 0.29) is 17.5 Å². The second kappa shape index (κ2) is 5.15. The van der Waals surface area contributed by atoms with Crippen molar-refractivity contribution in [2.75, 3.05) is 26.7 Å². The summed E-state index contributed by atoms with van der Waals surface area (Å²) in [6.07, 6.45) is 1.77. The van der Waals surface area contributed by atoms with Crippen LogP contribution in [0, 0.1) is 0 Å². The SMILES string of the molecule is CCN1C(=O)C(CCN)N(C)CCC1(C)C. The lowest BCUT2D eigenvalue weighted by Crippen LogP contribution is -2.51. The van der Waals surface area contributed by atoms with Gasteiger partial charge in [0.2, 0.25) is 5.91 Å². The first-order valence-electron chi connectivity index (χ1n) is 6.16. The van der Waals surface area contributed by atoms with Crippen molar-refractivity contribution >= 4 is 5.91 Å². The first-order chi connectivity index (χ1) is 7.44. The summed E-state index contributed by atoms with van der Waals surface area (Å²) >= 11 is 0. The minimum Gasteiger partial charge on any atom is -0.336 e. The third-order valence-electron chi connectivity index (χ3n) is 3.65. The third-order valence-corrected chi connectivity index (χ3v) is 3.65. The molecule has 0 saturated carbocycles. The van der Waals surface area contributed by atoms with Gasteiger partial charge in [-0.3, -0.25) is 9.69 Å². The van der Waals surface area contributed by atoms with E-state index in [1.165, 1.54) is 0 Å². The van der Waals surface area contributed by atoms with Gasteiger partial charge in [-0.05, 0) is 47.2 Å². The van der Waals surface area contributed by atoms with Crippen molar-refractivity contribution in [1.29, 1.82) is 0 Å². The van der Waals surface area contributed by atoms with Gasteiger partial charge in [0, 0.05) is 18.6 Å². The molecule has 94 valence electrons. The van der Waals surface area contributed by atoms with E-state index >= 15 is 0 Å². The van der Waals surface area contributed by atoms with Crippen LogP contribution in [-0.2, 0) is 4.79 Å². The Hall–Kier alpha value is -0.610. The molecule has 1 rings (SSSR count). The summed E-state index contributed by atoms with van der Waals surface area (Å²) in [5.74, 6) is 0.234. The van der Waals surface area contributed by atoms with Crippen LogP contribution in [0.5, 0.6) is 0 Å². The molecule has 1 amide bonds. The lowest BCUT2D eigenvalue weighted by atomic mass is 9.98. The smallest absolute Gasteiger partial charge is 0.240 e. The highest BCUT2D eigenvalue weighted by molar-refractivity contribution is 5.82. The molecular weight excluding hydrogens is 202 g/mol. The minimum atomic E-state index is -0.0383. The van der Waals surface area contributed by atoms with E-state index < -0.39 is 0 Å². The summed E-state index contributed by atoms with van der Waals surface area (Å²) < 4.78 is 0. The Balaban J connectivity index is 2.93. The zero-order chi connectivity index (χ0) is 12.3. The third kappa shape index (κ3) is 2.55. The molecule has 0 spiro atoms. The molecule has 1 saturated heterocycles. The minimum absolute atomic E-state index is 0.0354. The summed E-state index contributed by atoms with van der Waals surface area (Å²) in [7, 11) is 2.02. The Morgan fingerprint density at radius 3 is 2.62 bits per heavy atom. The quantitative estimate of drug-likeness (QED) is 0.771. The van der Waals surface area contributed by atoms with Crippen molar-refractivity contribution in [3.05, 3.63) is 0 Å². The molecule has 1 aliphatic rings. The van der Waals surface area contributed by atoms with Crippen LogP contribution in [0.2, 0.25) is 0 Å². The first kappa shape index (κ1) is 13.5. The maximum atomic E-state index is 12.4. The molecule has 0 aromatic rings. The Morgan fingerprint density at radius 1 is 1.50 bits per heavy atom. The van der Waals surface area contributed by atoms with E-state index in [2.05, 4.69) is 18.7 Å².